The van der Waals surface area contributed by atoms with Crippen molar-refractivity contribution in [2.45, 2.75) is 46.1 Å². The van der Waals surface area contributed by atoms with Gasteiger partial charge in [0.15, 0.2) is 0 Å². The Morgan fingerprint density at radius 1 is 1.26 bits per heavy atom. The zero-order valence-corrected chi connectivity index (χ0v) is 13.5. The third kappa shape index (κ3) is 3.21. The predicted molar refractivity (Wildman–Crippen MR) is 84.6 cm³/mol. The van der Waals surface area contributed by atoms with Crippen LogP contribution in [0.1, 0.15) is 50.5 Å². The zero-order valence-electron chi connectivity index (χ0n) is 11.9. The van der Waals surface area contributed by atoms with Crippen molar-refractivity contribution in [3.63, 3.8) is 0 Å². The topological polar surface area (TPSA) is 25.2 Å². The fourth-order valence-electron chi connectivity index (χ4n) is 2.37. The Balaban J connectivity index is 2.37. The molecule has 3 heteroatoms. The second-order valence-corrected chi connectivity index (χ2v) is 5.91. The molecule has 1 heterocycles. The first kappa shape index (κ1) is 14.6. The number of furan rings is 1. The first-order valence-electron chi connectivity index (χ1n) is 7.09. The summed E-state index contributed by atoms with van der Waals surface area (Å²) in [5.74, 6) is 1.06. The van der Waals surface area contributed by atoms with E-state index >= 15 is 0 Å². The lowest BCUT2D eigenvalue weighted by Gasteiger charge is -2.14. The highest BCUT2D eigenvalue weighted by molar-refractivity contribution is 9.10. The van der Waals surface area contributed by atoms with E-state index in [9.17, 15) is 0 Å². The smallest absolute Gasteiger partial charge is 0.138 e. The van der Waals surface area contributed by atoms with Gasteiger partial charge in [-0.25, -0.2) is 0 Å². The van der Waals surface area contributed by atoms with Gasteiger partial charge in [-0.05, 0) is 44.0 Å². The van der Waals surface area contributed by atoms with Crippen LogP contribution in [0, 0.1) is 6.92 Å². The minimum Gasteiger partial charge on any atom is -0.459 e. The van der Waals surface area contributed by atoms with E-state index < -0.39 is 0 Å². The van der Waals surface area contributed by atoms with E-state index in [1.165, 1.54) is 10.9 Å². The summed E-state index contributed by atoms with van der Waals surface area (Å²) in [5, 5.41) is 4.75. The number of hydrogen-bond acceptors (Lipinski definition) is 2. The summed E-state index contributed by atoms with van der Waals surface area (Å²) in [7, 11) is 0. The molecule has 0 fully saturated rings. The first-order valence-corrected chi connectivity index (χ1v) is 7.88. The highest BCUT2D eigenvalue weighted by Gasteiger charge is 2.16. The molecule has 0 bridgehead atoms. The summed E-state index contributed by atoms with van der Waals surface area (Å²) in [6, 6.07) is 6.68. The average molecular weight is 324 g/mol. The molecule has 0 amide bonds. The molecule has 1 unspecified atom stereocenters. The van der Waals surface area contributed by atoms with Crippen LogP contribution in [0.5, 0.6) is 0 Å². The van der Waals surface area contributed by atoms with Gasteiger partial charge in [0.25, 0.3) is 0 Å². The van der Waals surface area contributed by atoms with Crippen LogP contribution in [0.3, 0.4) is 0 Å². The Kier molecular flexibility index (Phi) is 5.06. The molecule has 0 spiro atoms. The number of rotatable bonds is 6. The molecule has 0 radical (unpaired) electrons. The molecule has 19 heavy (non-hydrogen) atoms. The van der Waals surface area contributed by atoms with Crippen molar-refractivity contribution in [2.24, 2.45) is 0 Å². The molecule has 1 atom stereocenters. The molecule has 0 aliphatic carbocycles. The van der Waals surface area contributed by atoms with E-state index in [1.54, 1.807) is 0 Å². The van der Waals surface area contributed by atoms with E-state index in [4.69, 9.17) is 4.42 Å². The maximum absolute atomic E-state index is 6.10. The summed E-state index contributed by atoms with van der Waals surface area (Å²) in [4.78, 5) is 0. The Labute approximate surface area is 123 Å². The normalized spacial score (nSPS) is 13.1. The quantitative estimate of drug-likeness (QED) is 0.775. The first-order chi connectivity index (χ1) is 9.17. The molecule has 1 N–H and O–H groups in total. The fourth-order valence-corrected chi connectivity index (χ4v) is 2.79. The van der Waals surface area contributed by atoms with Gasteiger partial charge >= 0.3 is 0 Å². The minimum absolute atomic E-state index is 0.323. The van der Waals surface area contributed by atoms with Gasteiger partial charge in [0.1, 0.15) is 11.3 Å². The van der Waals surface area contributed by atoms with Crippen LogP contribution in [-0.2, 0) is 0 Å². The lowest BCUT2D eigenvalue weighted by molar-refractivity contribution is 0.407. The Morgan fingerprint density at radius 3 is 2.68 bits per heavy atom. The van der Waals surface area contributed by atoms with Gasteiger partial charge in [-0.2, -0.15) is 0 Å². The van der Waals surface area contributed by atoms with Crippen LogP contribution in [0.25, 0.3) is 11.0 Å². The van der Waals surface area contributed by atoms with Crippen LogP contribution in [0.2, 0.25) is 0 Å². The summed E-state index contributed by atoms with van der Waals surface area (Å²) in [5.41, 5.74) is 2.19. The molecule has 2 aromatic rings. The van der Waals surface area contributed by atoms with Crippen molar-refractivity contribution in [3.8, 4) is 0 Å². The molecule has 0 aliphatic heterocycles. The summed E-state index contributed by atoms with van der Waals surface area (Å²) >= 11 is 3.60. The van der Waals surface area contributed by atoms with Crippen molar-refractivity contribution in [1.82, 2.24) is 5.32 Å². The Bertz CT molecular complexity index is 508. The number of halogens is 1. The van der Waals surface area contributed by atoms with E-state index in [0.29, 0.717) is 6.04 Å². The van der Waals surface area contributed by atoms with Gasteiger partial charge in [0.05, 0.1) is 6.04 Å². The third-order valence-corrected chi connectivity index (χ3v) is 4.10. The number of benzene rings is 1. The average Bonchev–Trinajstić information content (AvgIpc) is 2.85. The van der Waals surface area contributed by atoms with Crippen molar-refractivity contribution in [3.05, 3.63) is 34.0 Å². The highest BCUT2D eigenvalue weighted by atomic mass is 79.9. The lowest BCUT2D eigenvalue weighted by Crippen LogP contribution is -2.21. The van der Waals surface area contributed by atoms with E-state index in [-0.39, 0.29) is 0 Å². The van der Waals surface area contributed by atoms with Crippen molar-refractivity contribution >= 4 is 26.9 Å². The fraction of sp³-hybridized carbons (Fsp3) is 0.500. The summed E-state index contributed by atoms with van der Waals surface area (Å²) < 4.78 is 7.20. The van der Waals surface area contributed by atoms with Crippen molar-refractivity contribution in [1.29, 1.82) is 0 Å². The predicted octanol–water partition coefficient (Wildman–Crippen LogP) is 5.34. The molecular formula is C16H22BrNO. The standard InChI is InChI=1S/C16H22BrNO/c1-4-6-14(18-9-5-2)15-10-12-13(17)8-7-11(3)16(12)19-15/h7-8,10,14,18H,4-6,9H2,1-3H3. The van der Waals surface area contributed by atoms with Gasteiger partial charge in [-0.1, -0.05) is 42.3 Å². The maximum Gasteiger partial charge on any atom is 0.138 e. The van der Waals surface area contributed by atoms with E-state index in [2.05, 4.69) is 60.2 Å². The molecule has 2 rings (SSSR count). The molecule has 0 aliphatic rings. The minimum atomic E-state index is 0.323. The zero-order chi connectivity index (χ0) is 13.8. The molecule has 2 nitrogen and oxygen atoms in total. The van der Waals surface area contributed by atoms with Crippen molar-refractivity contribution < 1.29 is 4.42 Å². The highest BCUT2D eigenvalue weighted by Crippen LogP contribution is 2.33. The monoisotopic (exact) mass is 323 g/mol. The van der Waals surface area contributed by atoms with Gasteiger partial charge in [-0.3, -0.25) is 0 Å². The molecule has 0 saturated heterocycles. The maximum atomic E-state index is 6.10. The Hall–Kier alpha value is -0.800. The van der Waals surface area contributed by atoms with Crippen LogP contribution in [0.15, 0.2) is 27.1 Å². The van der Waals surface area contributed by atoms with Crippen molar-refractivity contribution in [2.75, 3.05) is 6.54 Å². The second kappa shape index (κ2) is 6.58. The molecule has 0 saturated carbocycles. The number of aryl methyl sites for hydroxylation is 1. The number of hydrogen-bond donors (Lipinski definition) is 1. The molecule has 1 aromatic heterocycles. The second-order valence-electron chi connectivity index (χ2n) is 5.05. The van der Waals surface area contributed by atoms with Crippen LogP contribution < -0.4 is 5.32 Å². The lowest BCUT2D eigenvalue weighted by atomic mass is 10.1. The SMILES string of the molecule is CCCNC(CCC)c1cc2c(Br)ccc(C)c2o1. The Morgan fingerprint density at radius 2 is 2.05 bits per heavy atom. The van der Waals surface area contributed by atoms with Gasteiger partial charge < -0.3 is 9.73 Å². The molecular weight excluding hydrogens is 302 g/mol. The summed E-state index contributed by atoms with van der Waals surface area (Å²) in [6.07, 6.45) is 3.40. The molecule has 104 valence electrons. The van der Waals surface area contributed by atoms with Gasteiger partial charge in [-0.15, -0.1) is 0 Å². The number of fused-ring (bicyclic) bond motifs is 1. The van der Waals surface area contributed by atoms with E-state index in [0.717, 1.165) is 41.6 Å². The van der Waals surface area contributed by atoms with Gasteiger partial charge in [0.2, 0.25) is 0 Å². The number of nitrogens with one attached hydrogen (secondary N) is 1. The summed E-state index contributed by atoms with van der Waals surface area (Å²) in [6.45, 7) is 7.53. The van der Waals surface area contributed by atoms with Crippen LogP contribution >= 0.6 is 15.9 Å². The van der Waals surface area contributed by atoms with Crippen LogP contribution in [-0.4, -0.2) is 6.54 Å². The molecule has 1 aromatic carbocycles. The largest absolute Gasteiger partial charge is 0.459 e. The van der Waals surface area contributed by atoms with E-state index in [1.807, 2.05) is 0 Å². The van der Waals surface area contributed by atoms with Gasteiger partial charge in [0, 0.05) is 9.86 Å². The third-order valence-electron chi connectivity index (χ3n) is 3.41. The van der Waals surface area contributed by atoms with Crippen LogP contribution in [0.4, 0.5) is 0 Å².